The zero-order chi connectivity index (χ0) is 5.86. The van der Waals surface area contributed by atoms with Crippen molar-refractivity contribution in [2.24, 2.45) is 5.73 Å². The normalized spacial score (nSPS) is 18.1. The molecular formula is C5H10FN. The zero-order valence-electron chi connectivity index (χ0n) is 4.39. The lowest BCUT2D eigenvalue weighted by Crippen LogP contribution is -2.26. The van der Waals surface area contributed by atoms with Gasteiger partial charge in [-0.3, -0.25) is 0 Å². The lowest BCUT2D eigenvalue weighted by atomic mass is 10.2. The summed E-state index contributed by atoms with van der Waals surface area (Å²) in [6.45, 7) is 4.73. The van der Waals surface area contributed by atoms with Crippen molar-refractivity contribution in [1.29, 1.82) is 0 Å². The van der Waals surface area contributed by atoms with Crippen molar-refractivity contribution in [2.45, 2.75) is 19.1 Å². The Bertz CT molecular complexity index is 61.1. The summed E-state index contributed by atoms with van der Waals surface area (Å²) in [7, 11) is 0. The molecule has 42 valence electrons. The van der Waals surface area contributed by atoms with E-state index >= 15 is 0 Å². The average Bonchev–Trinajstić information content (AvgIpc) is 1.65. The van der Waals surface area contributed by atoms with E-state index in [0.29, 0.717) is 0 Å². The van der Waals surface area contributed by atoms with E-state index < -0.39 is 12.2 Å². The van der Waals surface area contributed by atoms with Crippen LogP contribution in [0.5, 0.6) is 0 Å². The minimum absolute atomic E-state index is 0.500. The first kappa shape index (κ1) is 6.63. The third-order valence-electron chi connectivity index (χ3n) is 0.803. The predicted octanol–water partition coefficient (Wildman–Crippen LogP) is 0.858. The molecule has 0 aromatic heterocycles. The van der Waals surface area contributed by atoms with Crippen LogP contribution in [0.3, 0.4) is 0 Å². The fraction of sp³-hybridized carbons (Fsp3) is 0.600. The third kappa shape index (κ3) is 2.34. The molecule has 1 nitrogen and oxygen atoms in total. The lowest BCUT2D eigenvalue weighted by molar-refractivity contribution is 0.334. The second kappa shape index (κ2) is 2.75. The molecular weight excluding hydrogens is 93.1 g/mol. The number of nitrogens with two attached hydrogens (primary N) is 1. The molecule has 0 aliphatic heterocycles. The van der Waals surface area contributed by atoms with E-state index in [1.165, 1.54) is 13.0 Å². The largest absolute Gasteiger partial charge is 0.322 e. The van der Waals surface area contributed by atoms with Crippen molar-refractivity contribution in [3.05, 3.63) is 12.7 Å². The molecule has 0 fully saturated rings. The maximum absolute atomic E-state index is 11.9. The Morgan fingerprint density at radius 3 is 2.29 bits per heavy atom. The molecule has 0 bridgehead atoms. The summed E-state index contributed by atoms with van der Waals surface area (Å²) in [5.41, 5.74) is 5.12. The number of hydrogen-bond acceptors (Lipinski definition) is 1. The van der Waals surface area contributed by atoms with Gasteiger partial charge in [-0.1, -0.05) is 6.08 Å². The Morgan fingerprint density at radius 1 is 1.86 bits per heavy atom. The van der Waals surface area contributed by atoms with E-state index in [0.717, 1.165) is 0 Å². The number of alkyl halides is 1. The van der Waals surface area contributed by atoms with Gasteiger partial charge in [0.25, 0.3) is 0 Å². The van der Waals surface area contributed by atoms with Gasteiger partial charge in [0.2, 0.25) is 0 Å². The Kier molecular flexibility index (Phi) is 2.60. The summed E-state index contributed by atoms with van der Waals surface area (Å²) in [4.78, 5) is 0. The molecule has 0 heterocycles. The average molecular weight is 103 g/mol. The van der Waals surface area contributed by atoms with Crippen LogP contribution in [0.25, 0.3) is 0 Å². The topological polar surface area (TPSA) is 26.0 Å². The van der Waals surface area contributed by atoms with Crippen molar-refractivity contribution in [3.8, 4) is 0 Å². The van der Waals surface area contributed by atoms with Crippen molar-refractivity contribution >= 4 is 0 Å². The highest BCUT2D eigenvalue weighted by molar-refractivity contribution is 4.85. The Morgan fingerprint density at radius 2 is 2.29 bits per heavy atom. The van der Waals surface area contributed by atoms with Gasteiger partial charge in [-0.15, -0.1) is 6.58 Å². The zero-order valence-corrected chi connectivity index (χ0v) is 4.39. The Balaban J connectivity index is 3.33. The third-order valence-corrected chi connectivity index (χ3v) is 0.803. The van der Waals surface area contributed by atoms with Crippen molar-refractivity contribution in [2.75, 3.05) is 0 Å². The summed E-state index contributed by atoms with van der Waals surface area (Å²) >= 11 is 0. The van der Waals surface area contributed by atoms with Crippen molar-refractivity contribution in [3.63, 3.8) is 0 Å². The highest BCUT2D eigenvalue weighted by Crippen LogP contribution is 1.92. The van der Waals surface area contributed by atoms with Gasteiger partial charge >= 0.3 is 0 Å². The fourth-order valence-electron chi connectivity index (χ4n) is 0.188. The van der Waals surface area contributed by atoms with Gasteiger partial charge in [0.1, 0.15) is 6.17 Å². The number of rotatable bonds is 2. The summed E-state index contributed by atoms with van der Waals surface area (Å²) in [6, 6.07) is -0.500. The molecule has 0 aliphatic carbocycles. The molecule has 0 saturated heterocycles. The minimum atomic E-state index is -0.975. The highest BCUT2D eigenvalue weighted by atomic mass is 19.1. The van der Waals surface area contributed by atoms with E-state index in [1.807, 2.05) is 0 Å². The van der Waals surface area contributed by atoms with Crippen LogP contribution in [0, 0.1) is 0 Å². The first-order valence-electron chi connectivity index (χ1n) is 2.20. The maximum atomic E-state index is 11.9. The van der Waals surface area contributed by atoms with Crippen LogP contribution in [0.1, 0.15) is 6.92 Å². The molecule has 0 radical (unpaired) electrons. The molecule has 2 N–H and O–H groups in total. The fourth-order valence-corrected chi connectivity index (χ4v) is 0.188. The van der Waals surface area contributed by atoms with Gasteiger partial charge in [0.15, 0.2) is 0 Å². The van der Waals surface area contributed by atoms with Gasteiger partial charge in [-0.05, 0) is 6.92 Å². The molecule has 0 aliphatic rings. The van der Waals surface area contributed by atoms with Crippen LogP contribution in [0.4, 0.5) is 4.39 Å². The molecule has 0 aromatic carbocycles. The van der Waals surface area contributed by atoms with Crippen molar-refractivity contribution < 1.29 is 4.39 Å². The van der Waals surface area contributed by atoms with Crippen LogP contribution in [-0.4, -0.2) is 12.2 Å². The van der Waals surface area contributed by atoms with Gasteiger partial charge in [-0.25, -0.2) is 4.39 Å². The van der Waals surface area contributed by atoms with E-state index in [9.17, 15) is 4.39 Å². The SMILES string of the molecule is C=C[C@@H](N)[C@H](C)F. The molecule has 7 heavy (non-hydrogen) atoms. The standard InChI is InChI=1S/C5H10FN/c1-3-5(7)4(2)6/h3-5H,1,7H2,2H3/t4-,5+/m0/s1. The molecule has 0 saturated carbocycles. The predicted molar refractivity (Wildman–Crippen MR) is 28.7 cm³/mol. The van der Waals surface area contributed by atoms with E-state index in [-0.39, 0.29) is 0 Å². The van der Waals surface area contributed by atoms with E-state index in [4.69, 9.17) is 5.73 Å². The van der Waals surface area contributed by atoms with Crippen LogP contribution < -0.4 is 5.73 Å². The molecule has 2 atom stereocenters. The molecule has 0 aromatic rings. The van der Waals surface area contributed by atoms with Crippen LogP contribution in [0.15, 0.2) is 12.7 Å². The van der Waals surface area contributed by atoms with Crippen LogP contribution >= 0.6 is 0 Å². The monoisotopic (exact) mass is 103 g/mol. The second-order valence-electron chi connectivity index (χ2n) is 1.49. The van der Waals surface area contributed by atoms with Crippen molar-refractivity contribution in [1.82, 2.24) is 0 Å². The molecule has 0 unspecified atom stereocenters. The first-order chi connectivity index (χ1) is 3.18. The second-order valence-corrected chi connectivity index (χ2v) is 1.49. The minimum Gasteiger partial charge on any atom is -0.322 e. The summed E-state index contributed by atoms with van der Waals surface area (Å²) in [5.74, 6) is 0. The number of halogens is 1. The maximum Gasteiger partial charge on any atom is 0.116 e. The lowest BCUT2D eigenvalue weighted by Gasteiger charge is -2.03. The summed E-state index contributed by atoms with van der Waals surface area (Å²) in [5, 5.41) is 0. The smallest absolute Gasteiger partial charge is 0.116 e. The van der Waals surface area contributed by atoms with E-state index in [1.54, 1.807) is 0 Å². The Labute approximate surface area is 43.0 Å². The quantitative estimate of drug-likeness (QED) is 0.515. The van der Waals surface area contributed by atoms with Gasteiger partial charge < -0.3 is 5.73 Å². The Hall–Kier alpha value is -0.370. The van der Waals surface area contributed by atoms with Crippen LogP contribution in [0.2, 0.25) is 0 Å². The summed E-state index contributed by atoms with van der Waals surface area (Å²) in [6.07, 6.45) is 0.419. The van der Waals surface area contributed by atoms with Gasteiger partial charge in [-0.2, -0.15) is 0 Å². The van der Waals surface area contributed by atoms with E-state index in [2.05, 4.69) is 6.58 Å². The number of hydrogen-bond donors (Lipinski definition) is 1. The van der Waals surface area contributed by atoms with Gasteiger partial charge in [0.05, 0.1) is 6.04 Å². The molecule has 2 heteroatoms. The molecule has 0 amide bonds. The highest BCUT2D eigenvalue weighted by Gasteiger charge is 2.03. The molecule has 0 spiro atoms. The first-order valence-corrected chi connectivity index (χ1v) is 2.20. The molecule has 0 rings (SSSR count). The summed E-state index contributed by atoms with van der Waals surface area (Å²) < 4.78 is 11.9. The van der Waals surface area contributed by atoms with Crippen LogP contribution in [-0.2, 0) is 0 Å². The van der Waals surface area contributed by atoms with Gasteiger partial charge in [0, 0.05) is 0 Å².